The van der Waals surface area contributed by atoms with E-state index >= 15 is 0 Å². The second-order valence-electron chi connectivity index (χ2n) is 7.14. The molecule has 1 aliphatic rings. The zero-order valence-corrected chi connectivity index (χ0v) is 15.0. The summed E-state index contributed by atoms with van der Waals surface area (Å²) in [6, 6.07) is 5.92. The van der Waals surface area contributed by atoms with E-state index in [1.165, 1.54) is 12.1 Å². The van der Waals surface area contributed by atoms with Gasteiger partial charge in [-0.25, -0.2) is 9.37 Å². The largest absolute Gasteiger partial charge is 0.481 e. The van der Waals surface area contributed by atoms with Gasteiger partial charge in [0.1, 0.15) is 17.1 Å². The van der Waals surface area contributed by atoms with Crippen LogP contribution in [0.2, 0.25) is 0 Å². The van der Waals surface area contributed by atoms with Crippen LogP contribution in [0, 0.1) is 18.2 Å². The summed E-state index contributed by atoms with van der Waals surface area (Å²) >= 11 is 0. The smallest absolute Gasteiger partial charge is 0.313 e. The Bertz CT molecular complexity index is 807. The zero-order chi connectivity index (χ0) is 18.9. The van der Waals surface area contributed by atoms with E-state index in [0.29, 0.717) is 25.1 Å². The molecule has 1 saturated heterocycles. The highest BCUT2D eigenvalue weighted by Gasteiger charge is 2.49. The first kappa shape index (κ1) is 18.5. The number of nitrogens with zero attached hydrogens (tertiary/aromatic N) is 3. The molecule has 0 saturated carbocycles. The molecule has 1 aromatic carbocycles. The van der Waals surface area contributed by atoms with Crippen molar-refractivity contribution in [1.82, 2.24) is 14.5 Å². The molecular formula is C19H24FN3O3. The predicted octanol–water partition coefficient (Wildman–Crippen LogP) is 1.75. The maximum atomic E-state index is 13.5. The molecule has 6 nitrogen and oxygen atoms in total. The number of hydrogen-bond donors (Lipinski definition) is 2. The lowest BCUT2D eigenvalue weighted by Crippen LogP contribution is -2.57. The van der Waals surface area contributed by atoms with Crippen molar-refractivity contribution in [3.05, 3.63) is 53.4 Å². The van der Waals surface area contributed by atoms with Gasteiger partial charge in [-0.3, -0.25) is 9.69 Å². The van der Waals surface area contributed by atoms with Crippen molar-refractivity contribution in [2.24, 2.45) is 12.5 Å². The highest BCUT2D eigenvalue weighted by atomic mass is 19.1. The van der Waals surface area contributed by atoms with Gasteiger partial charge in [0.25, 0.3) is 0 Å². The maximum Gasteiger partial charge on any atom is 0.313 e. The molecule has 0 spiro atoms. The van der Waals surface area contributed by atoms with E-state index in [-0.39, 0.29) is 13.0 Å². The molecule has 1 aliphatic heterocycles. The van der Waals surface area contributed by atoms with Gasteiger partial charge < -0.3 is 14.8 Å². The molecule has 0 radical (unpaired) electrons. The number of aliphatic hydroxyl groups is 1. The van der Waals surface area contributed by atoms with Gasteiger partial charge in [0.15, 0.2) is 0 Å². The summed E-state index contributed by atoms with van der Waals surface area (Å²) in [5.41, 5.74) is 0.202. The Morgan fingerprint density at radius 3 is 2.85 bits per heavy atom. The number of aromatic nitrogens is 2. The average Bonchev–Trinajstić information content (AvgIpc) is 2.90. The van der Waals surface area contributed by atoms with Crippen LogP contribution in [0.5, 0.6) is 0 Å². The fraction of sp³-hybridized carbons (Fsp3) is 0.474. The molecule has 2 atom stereocenters. The number of benzene rings is 1. The molecule has 0 unspecified atom stereocenters. The minimum absolute atomic E-state index is 0.0855. The number of rotatable bonds is 5. The minimum atomic E-state index is -1.36. The van der Waals surface area contributed by atoms with Crippen LogP contribution in [-0.4, -0.2) is 49.8 Å². The minimum Gasteiger partial charge on any atom is -0.481 e. The van der Waals surface area contributed by atoms with Crippen LogP contribution in [0.1, 0.15) is 23.5 Å². The number of carboxylic acids is 1. The number of aryl methyl sites for hydroxylation is 1. The summed E-state index contributed by atoms with van der Waals surface area (Å²) in [5, 5.41) is 20.5. The van der Waals surface area contributed by atoms with Crippen molar-refractivity contribution in [3.8, 4) is 0 Å². The molecule has 3 rings (SSSR count). The van der Waals surface area contributed by atoms with Gasteiger partial charge in [-0.15, -0.1) is 0 Å². The van der Waals surface area contributed by atoms with E-state index in [9.17, 15) is 19.4 Å². The average molecular weight is 361 g/mol. The van der Waals surface area contributed by atoms with Gasteiger partial charge in [-0.05, 0) is 37.5 Å². The van der Waals surface area contributed by atoms with Crippen LogP contribution in [0.25, 0.3) is 0 Å². The number of halogens is 1. The summed E-state index contributed by atoms with van der Waals surface area (Å²) in [4.78, 5) is 18.4. The Balaban J connectivity index is 1.85. The number of aliphatic hydroxyl groups excluding tert-OH is 1. The van der Waals surface area contributed by atoms with Crippen LogP contribution >= 0.6 is 0 Å². The number of carboxylic acid groups (broad SMARTS) is 1. The topological polar surface area (TPSA) is 78.6 Å². The first-order chi connectivity index (χ1) is 12.3. The highest BCUT2D eigenvalue weighted by molar-refractivity contribution is 5.76. The third kappa shape index (κ3) is 3.50. The Hall–Kier alpha value is -2.25. The Kier molecular flexibility index (Phi) is 5.11. The van der Waals surface area contributed by atoms with Gasteiger partial charge in [-0.1, -0.05) is 12.1 Å². The first-order valence-electron chi connectivity index (χ1n) is 8.67. The number of imidazole rings is 1. The Morgan fingerprint density at radius 1 is 1.46 bits per heavy atom. The van der Waals surface area contributed by atoms with Crippen molar-refractivity contribution in [2.75, 3.05) is 13.1 Å². The molecular weight excluding hydrogens is 337 g/mol. The van der Waals surface area contributed by atoms with E-state index in [4.69, 9.17) is 0 Å². The van der Waals surface area contributed by atoms with Crippen molar-refractivity contribution in [1.29, 1.82) is 0 Å². The van der Waals surface area contributed by atoms with E-state index in [1.807, 2.05) is 23.4 Å². The van der Waals surface area contributed by atoms with E-state index in [1.54, 1.807) is 18.3 Å². The maximum absolute atomic E-state index is 13.5. The Morgan fingerprint density at radius 2 is 2.23 bits per heavy atom. The molecule has 7 heteroatoms. The SMILES string of the molecule is Cc1ncc(CN2CC[C@H](O)[C@](Cc3cccc(F)c3)(C(=O)O)C2)n1C. The van der Waals surface area contributed by atoms with E-state index in [0.717, 1.165) is 11.5 Å². The first-order valence-corrected chi connectivity index (χ1v) is 8.67. The molecule has 0 bridgehead atoms. The number of carbonyl (C=O) groups is 1. The van der Waals surface area contributed by atoms with E-state index in [2.05, 4.69) is 4.98 Å². The summed E-state index contributed by atoms with van der Waals surface area (Å²) in [6.07, 6.45) is 1.25. The number of hydrogen-bond acceptors (Lipinski definition) is 4. The molecule has 2 heterocycles. The predicted molar refractivity (Wildman–Crippen MR) is 94.0 cm³/mol. The number of piperidine rings is 1. The van der Waals surface area contributed by atoms with Gasteiger partial charge >= 0.3 is 5.97 Å². The van der Waals surface area contributed by atoms with Crippen molar-refractivity contribution >= 4 is 5.97 Å². The lowest BCUT2D eigenvalue weighted by molar-refractivity contribution is -0.163. The zero-order valence-electron chi connectivity index (χ0n) is 15.0. The van der Waals surface area contributed by atoms with Gasteiger partial charge in [0, 0.05) is 32.9 Å². The van der Waals surface area contributed by atoms with Crippen molar-refractivity contribution in [2.45, 2.75) is 32.4 Å². The summed E-state index contributed by atoms with van der Waals surface area (Å²) in [7, 11) is 1.92. The van der Waals surface area contributed by atoms with Crippen molar-refractivity contribution in [3.63, 3.8) is 0 Å². The highest BCUT2D eigenvalue weighted by Crippen LogP contribution is 2.35. The molecule has 26 heavy (non-hydrogen) atoms. The van der Waals surface area contributed by atoms with Crippen LogP contribution in [0.15, 0.2) is 30.5 Å². The van der Waals surface area contributed by atoms with Crippen LogP contribution in [0.4, 0.5) is 4.39 Å². The molecule has 0 aliphatic carbocycles. The molecule has 1 aromatic heterocycles. The van der Waals surface area contributed by atoms with Crippen molar-refractivity contribution < 1.29 is 19.4 Å². The standard InChI is InChI=1S/C19H24FN3O3/c1-13-21-10-16(22(13)2)11-23-7-6-17(24)19(12-23,18(25)26)9-14-4-3-5-15(20)8-14/h3-5,8,10,17,24H,6-7,9,11-12H2,1-2H3,(H,25,26)/t17-,19+/m0/s1. The summed E-state index contributed by atoms with van der Waals surface area (Å²) < 4.78 is 15.5. The third-order valence-corrected chi connectivity index (χ3v) is 5.40. The fourth-order valence-corrected chi connectivity index (χ4v) is 3.70. The molecule has 2 N–H and O–H groups in total. The summed E-state index contributed by atoms with van der Waals surface area (Å²) in [5.74, 6) is -0.572. The third-order valence-electron chi connectivity index (χ3n) is 5.40. The molecule has 0 amide bonds. The monoisotopic (exact) mass is 361 g/mol. The van der Waals surface area contributed by atoms with Gasteiger partial charge in [-0.2, -0.15) is 0 Å². The molecule has 2 aromatic rings. The van der Waals surface area contributed by atoms with Gasteiger partial charge in [0.05, 0.1) is 11.8 Å². The quantitative estimate of drug-likeness (QED) is 0.848. The normalized spacial score (nSPS) is 23.9. The number of likely N-dealkylation sites (tertiary alicyclic amines) is 1. The molecule has 140 valence electrons. The van der Waals surface area contributed by atoms with Crippen LogP contribution < -0.4 is 0 Å². The fourth-order valence-electron chi connectivity index (χ4n) is 3.70. The number of aliphatic carboxylic acids is 1. The van der Waals surface area contributed by atoms with E-state index < -0.39 is 23.3 Å². The second-order valence-corrected chi connectivity index (χ2v) is 7.14. The Labute approximate surface area is 151 Å². The second kappa shape index (κ2) is 7.17. The summed E-state index contributed by atoms with van der Waals surface area (Å²) in [6.45, 7) is 3.27. The van der Waals surface area contributed by atoms with Gasteiger partial charge in [0.2, 0.25) is 0 Å². The lowest BCUT2D eigenvalue weighted by Gasteiger charge is -2.43. The van der Waals surface area contributed by atoms with Crippen LogP contribution in [0.3, 0.4) is 0 Å². The van der Waals surface area contributed by atoms with Crippen LogP contribution in [-0.2, 0) is 24.8 Å². The lowest BCUT2D eigenvalue weighted by atomic mass is 9.73. The molecule has 1 fully saturated rings.